The number of nitrogens with zero attached hydrogens (tertiary/aromatic N) is 1. The molecule has 5 nitrogen and oxygen atoms in total. The SMILES string of the molecule is CC(=NN)c1ccc(-c2ccccc2)cc1S(N)(=O)=O. The quantitative estimate of drug-likeness (QED) is 0.511. The van der Waals surface area contributed by atoms with Gasteiger partial charge in [-0.2, -0.15) is 5.10 Å². The van der Waals surface area contributed by atoms with Gasteiger partial charge in [-0.15, -0.1) is 0 Å². The van der Waals surface area contributed by atoms with Crippen LogP contribution in [0.2, 0.25) is 0 Å². The Bertz CT molecular complexity index is 753. The van der Waals surface area contributed by atoms with E-state index >= 15 is 0 Å². The van der Waals surface area contributed by atoms with Crippen LogP contribution in [0.5, 0.6) is 0 Å². The van der Waals surface area contributed by atoms with Crippen LogP contribution < -0.4 is 11.0 Å². The van der Waals surface area contributed by atoms with Crippen LogP contribution in [0, 0.1) is 0 Å². The first kappa shape index (κ1) is 14.2. The van der Waals surface area contributed by atoms with Crippen molar-refractivity contribution in [3.8, 4) is 11.1 Å². The van der Waals surface area contributed by atoms with Gasteiger partial charge >= 0.3 is 0 Å². The Morgan fingerprint density at radius 3 is 2.25 bits per heavy atom. The van der Waals surface area contributed by atoms with E-state index in [0.717, 1.165) is 11.1 Å². The number of hydrogen-bond donors (Lipinski definition) is 2. The highest BCUT2D eigenvalue weighted by molar-refractivity contribution is 7.89. The molecule has 0 fully saturated rings. The van der Waals surface area contributed by atoms with Crippen molar-refractivity contribution in [3.63, 3.8) is 0 Å². The molecule has 104 valence electrons. The van der Waals surface area contributed by atoms with Gasteiger partial charge in [0.15, 0.2) is 0 Å². The molecule has 0 saturated heterocycles. The minimum atomic E-state index is -3.86. The van der Waals surface area contributed by atoms with Crippen molar-refractivity contribution in [2.24, 2.45) is 16.1 Å². The van der Waals surface area contributed by atoms with Crippen molar-refractivity contribution in [2.75, 3.05) is 0 Å². The van der Waals surface area contributed by atoms with Gasteiger partial charge in [0.2, 0.25) is 10.0 Å². The fourth-order valence-corrected chi connectivity index (χ4v) is 2.75. The molecule has 2 rings (SSSR count). The summed E-state index contributed by atoms with van der Waals surface area (Å²) in [6.45, 7) is 1.63. The number of nitrogens with two attached hydrogens (primary N) is 2. The summed E-state index contributed by atoms with van der Waals surface area (Å²) >= 11 is 0. The first-order valence-electron chi connectivity index (χ1n) is 5.90. The van der Waals surface area contributed by atoms with Gasteiger partial charge in [-0.25, -0.2) is 13.6 Å². The Kier molecular flexibility index (Phi) is 3.87. The number of hydrogen-bond acceptors (Lipinski definition) is 4. The minimum Gasteiger partial charge on any atom is -0.323 e. The molecule has 0 saturated carbocycles. The molecule has 0 aliphatic rings. The second-order valence-electron chi connectivity index (χ2n) is 4.34. The number of sulfonamides is 1. The summed E-state index contributed by atoms with van der Waals surface area (Å²) in [5, 5.41) is 8.81. The number of rotatable bonds is 3. The zero-order valence-electron chi connectivity index (χ0n) is 10.9. The van der Waals surface area contributed by atoms with Gasteiger partial charge in [0.1, 0.15) is 0 Å². The van der Waals surface area contributed by atoms with E-state index in [0.29, 0.717) is 11.3 Å². The molecule has 4 N–H and O–H groups in total. The monoisotopic (exact) mass is 289 g/mol. The van der Waals surface area contributed by atoms with Crippen LogP contribution in [0.25, 0.3) is 11.1 Å². The number of primary sulfonamides is 1. The Labute approximate surface area is 118 Å². The maximum absolute atomic E-state index is 11.7. The highest BCUT2D eigenvalue weighted by atomic mass is 32.2. The molecule has 0 spiro atoms. The van der Waals surface area contributed by atoms with Crippen LogP contribution in [0.1, 0.15) is 12.5 Å². The molecule has 0 radical (unpaired) electrons. The van der Waals surface area contributed by atoms with Crippen LogP contribution in [0.15, 0.2) is 58.5 Å². The van der Waals surface area contributed by atoms with E-state index in [1.165, 1.54) is 6.07 Å². The van der Waals surface area contributed by atoms with Crippen molar-refractivity contribution in [1.82, 2.24) is 0 Å². The molecule has 2 aromatic rings. The number of hydrazone groups is 1. The summed E-state index contributed by atoms with van der Waals surface area (Å²) in [6, 6.07) is 14.5. The maximum Gasteiger partial charge on any atom is 0.238 e. The smallest absolute Gasteiger partial charge is 0.238 e. The molecule has 0 heterocycles. The first-order valence-corrected chi connectivity index (χ1v) is 7.45. The molecule has 2 aromatic carbocycles. The number of benzene rings is 2. The molecule has 0 bridgehead atoms. The van der Waals surface area contributed by atoms with E-state index in [1.54, 1.807) is 13.0 Å². The van der Waals surface area contributed by atoms with E-state index in [-0.39, 0.29) is 4.90 Å². The van der Waals surface area contributed by atoms with Gasteiger partial charge in [-0.3, -0.25) is 0 Å². The summed E-state index contributed by atoms with van der Waals surface area (Å²) in [5.41, 5.74) is 2.50. The van der Waals surface area contributed by atoms with Crippen molar-refractivity contribution in [1.29, 1.82) is 0 Å². The summed E-state index contributed by atoms with van der Waals surface area (Å²) < 4.78 is 23.5. The fourth-order valence-electron chi connectivity index (χ4n) is 1.94. The standard InChI is InChI=1S/C14H15N3O2S/c1-10(17-15)13-8-7-12(9-14(13)20(16,18)19)11-5-3-2-4-6-11/h2-9H,15H2,1H3,(H2,16,18,19). The van der Waals surface area contributed by atoms with Crippen LogP contribution in [-0.2, 0) is 10.0 Å². The largest absolute Gasteiger partial charge is 0.323 e. The van der Waals surface area contributed by atoms with E-state index in [1.807, 2.05) is 36.4 Å². The molecule has 0 unspecified atom stereocenters. The molecule has 0 aromatic heterocycles. The van der Waals surface area contributed by atoms with Crippen molar-refractivity contribution >= 4 is 15.7 Å². The topological polar surface area (TPSA) is 98.5 Å². The van der Waals surface area contributed by atoms with Gasteiger partial charge in [0.05, 0.1) is 10.6 Å². The molecule has 6 heteroatoms. The van der Waals surface area contributed by atoms with Crippen LogP contribution in [0.3, 0.4) is 0 Å². The Balaban J connectivity index is 2.68. The lowest BCUT2D eigenvalue weighted by Gasteiger charge is -2.10. The third kappa shape index (κ3) is 2.87. The summed E-state index contributed by atoms with van der Waals surface area (Å²) in [4.78, 5) is 0.0190. The maximum atomic E-state index is 11.7. The molecule has 20 heavy (non-hydrogen) atoms. The minimum absolute atomic E-state index is 0.0190. The van der Waals surface area contributed by atoms with E-state index < -0.39 is 10.0 Å². The van der Waals surface area contributed by atoms with E-state index in [4.69, 9.17) is 11.0 Å². The average molecular weight is 289 g/mol. The predicted molar refractivity (Wildman–Crippen MR) is 79.6 cm³/mol. The highest BCUT2D eigenvalue weighted by Crippen LogP contribution is 2.25. The van der Waals surface area contributed by atoms with Crippen molar-refractivity contribution in [3.05, 3.63) is 54.1 Å². The molecular weight excluding hydrogens is 274 g/mol. The molecule has 0 aliphatic carbocycles. The van der Waals surface area contributed by atoms with Crippen LogP contribution in [-0.4, -0.2) is 14.1 Å². The van der Waals surface area contributed by atoms with Gasteiger partial charge in [-0.1, -0.05) is 42.5 Å². The summed E-state index contributed by atoms with van der Waals surface area (Å²) in [6.07, 6.45) is 0. The van der Waals surface area contributed by atoms with Gasteiger partial charge < -0.3 is 5.84 Å². The van der Waals surface area contributed by atoms with Crippen molar-refractivity contribution < 1.29 is 8.42 Å². The Morgan fingerprint density at radius 1 is 1.05 bits per heavy atom. The molecule has 0 amide bonds. The van der Waals surface area contributed by atoms with E-state index in [9.17, 15) is 8.42 Å². The Morgan fingerprint density at radius 2 is 1.70 bits per heavy atom. The van der Waals surface area contributed by atoms with Gasteiger partial charge in [-0.05, 0) is 24.1 Å². The normalized spacial score (nSPS) is 12.4. The molecular formula is C14H15N3O2S. The second kappa shape index (κ2) is 5.44. The molecule has 0 aliphatic heterocycles. The third-order valence-electron chi connectivity index (χ3n) is 2.98. The summed E-state index contributed by atoms with van der Waals surface area (Å²) in [7, 11) is -3.86. The predicted octanol–water partition coefficient (Wildman–Crippen LogP) is 1.68. The average Bonchev–Trinajstić information content (AvgIpc) is 2.46. The summed E-state index contributed by atoms with van der Waals surface area (Å²) in [5.74, 6) is 5.22. The zero-order valence-corrected chi connectivity index (χ0v) is 11.8. The van der Waals surface area contributed by atoms with Gasteiger partial charge in [0, 0.05) is 5.56 Å². The highest BCUT2D eigenvalue weighted by Gasteiger charge is 2.17. The Hall–Kier alpha value is -2.18. The fraction of sp³-hybridized carbons (Fsp3) is 0.0714. The van der Waals surface area contributed by atoms with Gasteiger partial charge in [0.25, 0.3) is 0 Å². The van der Waals surface area contributed by atoms with Crippen LogP contribution >= 0.6 is 0 Å². The molecule has 0 atom stereocenters. The second-order valence-corrected chi connectivity index (χ2v) is 5.87. The van der Waals surface area contributed by atoms with E-state index in [2.05, 4.69) is 5.10 Å². The lowest BCUT2D eigenvalue weighted by molar-refractivity contribution is 0.597. The lowest BCUT2D eigenvalue weighted by Crippen LogP contribution is -2.16. The first-order chi connectivity index (χ1) is 9.43. The third-order valence-corrected chi connectivity index (χ3v) is 3.93. The zero-order chi connectivity index (χ0) is 14.8. The lowest BCUT2D eigenvalue weighted by atomic mass is 10.0. The van der Waals surface area contributed by atoms with Crippen LogP contribution in [0.4, 0.5) is 0 Å². The van der Waals surface area contributed by atoms with Crippen molar-refractivity contribution in [2.45, 2.75) is 11.8 Å².